The molecular weight excluding hydrogens is 339 g/mol. The van der Waals surface area contributed by atoms with Crippen molar-refractivity contribution in [3.63, 3.8) is 0 Å². The molecule has 0 saturated heterocycles. The molecule has 5 heteroatoms. The smallest absolute Gasteiger partial charge is 0.137 e. The van der Waals surface area contributed by atoms with Gasteiger partial charge in [0, 0.05) is 5.38 Å². The van der Waals surface area contributed by atoms with Gasteiger partial charge in [0.1, 0.15) is 5.82 Å². The van der Waals surface area contributed by atoms with Crippen LogP contribution in [0.3, 0.4) is 0 Å². The van der Waals surface area contributed by atoms with E-state index in [0.717, 1.165) is 35.7 Å². The second-order valence-electron chi connectivity index (χ2n) is 4.72. The van der Waals surface area contributed by atoms with E-state index in [2.05, 4.69) is 38.5 Å². The van der Waals surface area contributed by atoms with Gasteiger partial charge in [-0.25, -0.2) is 9.37 Å². The lowest BCUT2D eigenvalue weighted by atomic mass is 10.0. The summed E-state index contributed by atoms with van der Waals surface area (Å²) in [5, 5.41) is 6.63. The molecule has 1 aromatic carbocycles. The second kappa shape index (κ2) is 7.29. The molecule has 0 saturated carbocycles. The van der Waals surface area contributed by atoms with Crippen LogP contribution in [-0.4, -0.2) is 11.5 Å². The Hall–Kier alpha value is -0.780. The van der Waals surface area contributed by atoms with Gasteiger partial charge in [0.15, 0.2) is 0 Å². The van der Waals surface area contributed by atoms with Crippen LogP contribution >= 0.6 is 27.3 Å². The first-order valence-electron chi connectivity index (χ1n) is 6.70. The molecule has 0 amide bonds. The van der Waals surface area contributed by atoms with Gasteiger partial charge in [-0.1, -0.05) is 19.1 Å². The summed E-state index contributed by atoms with van der Waals surface area (Å²) in [5.41, 5.74) is 2.00. The zero-order valence-electron chi connectivity index (χ0n) is 11.6. The molecule has 0 fully saturated rings. The summed E-state index contributed by atoms with van der Waals surface area (Å²) in [6, 6.07) is 5.29. The monoisotopic (exact) mass is 356 g/mol. The van der Waals surface area contributed by atoms with Crippen molar-refractivity contribution in [1.82, 2.24) is 10.3 Å². The highest BCUT2D eigenvalue weighted by atomic mass is 79.9. The molecule has 1 N–H and O–H groups in total. The number of thiazole rings is 1. The van der Waals surface area contributed by atoms with Crippen molar-refractivity contribution < 1.29 is 4.39 Å². The van der Waals surface area contributed by atoms with Crippen molar-refractivity contribution >= 4 is 27.3 Å². The minimum atomic E-state index is -0.216. The lowest BCUT2D eigenvalue weighted by Crippen LogP contribution is -2.24. The van der Waals surface area contributed by atoms with Crippen molar-refractivity contribution in [2.75, 3.05) is 6.54 Å². The lowest BCUT2D eigenvalue weighted by Gasteiger charge is -2.17. The first kappa shape index (κ1) is 15.6. The van der Waals surface area contributed by atoms with Crippen molar-refractivity contribution in [2.24, 2.45) is 0 Å². The third kappa shape index (κ3) is 3.87. The summed E-state index contributed by atoms with van der Waals surface area (Å²) in [6.07, 6.45) is 1.78. The maximum Gasteiger partial charge on any atom is 0.137 e. The molecule has 0 aliphatic rings. The number of nitrogens with zero attached hydrogens (tertiary/aromatic N) is 1. The highest BCUT2D eigenvalue weighted by Gasteiger charge is 2.17. The van der Waals surface area contributed by atoms with Gasteiger partial charge >= 0.3 is 0 Å². The molecule has 0 aliphatic carbocycles. The Kier molecular flexibility index (Phi) is 5.69. The predicted octanol–water partition coefficient (Wildman–Crippen LogP) is 4.64. The number of halogens is 2. The summed E-state index contributed by atoms with van der Waals surface area (Å²) in [6.45, 7) is 5.06. The van der Waals surface area contributed by atoms with E-state index in [1.165, 1.54) is 6.07 Å². The molecule has 0 aliphatic heterocycles. The minimum Gasteiger partial charge on any atom is -0.308 e. The molecular formula is C15H18BrFN2S. The predicted molar refractivity (Wildman–Crippen MR) is 85.7 cm³/mol. The Morgan fingerprint density at radius 3 is 2.90 bits per heavy atom. The van der Waals surface area contributed by atoms with E-state index in [1.54, 1.807) is 17.4 Å². The summed E-state index contributed by atoms with van der Waals surface area (Å²) >= 11 is 4.98. The molecule has 108 valence electrons. The van der Waals surface area contributed by atoms with Crippen LogP contribution in [0.5, 0.6) is 0 Å². The number of hydrogen-bond donors (Lipinski definition) is 1. The van der Waals surface area contributed by atoms with Gasteiger partial charge in [0.25, 0.3) is 0 Å². The quantitative estimate of drug-likeness (QED) is 0.815. The van der Waals surface area contributed by atoms with Gasteiger partial charge in [-0.2, -0.15) is 0 Å². The molecule has 2 aromatic rings. The van der Waals surface area contributed by atoms with Crippen molar-refractivity contribution in [1.29, 1.82) is 0 Å². The van der Waals surface area contributed by atoms with Crippen molar-refractivity contribution in [3.05, 3.63) is 50.1 Å². The number of nitrogens with one attached hydrogen (secondary N) is 1. The molecule has 0 radical (unpaired) electrons. The van der Waals surface area contributed by atoms with Gasteiger partial charge in [-0.15, -0.1) is 11.3 Å². The Morgan fingerprint density at radius 1 is 1.45 bits per heavy atom. The molecule has 2 rings (SSSR count). The van der Waals surface area contributed by atoms with Crippen LogP contribution in [0.2, 0.25) is 0 Å². The molecule has 0 spiro atoms. The topological polar surface area (TPSA) is 24.9 Å². The van der Waals surface area contributed by atoms with E-state index in [9.17, 15) is 4.39 Å². The lowest BCUT2D eigenvalue weighted by molar-refractivity contribution is 0.516. The van der Waals surface area contributed by atoms with Crippen LogP contribution in [0.25, 0.3) is 0 Å². The highest BCUT2D eigenvalue weighted by Crippen LogP contribution is 2.26. The standard InChI is InChI=1S/C15H18BrFN2S/c1-3-7-18-13(14-9-20-10(2)19-14)8-11-5-4-6-12(17)15(11)16/h4-6,9,13,18H,3,7-8H2,1-2H3. The van der Waals surface area contributed by atoms with Gasteiger partial charge in [0.2, 0.25) is 0 Å². The zero-order chi connectivity index (χ0) is 14.5. The fourth-order valence-corrected chi connectivity index (χ4v) is 3.16. The van der Waals surface area contributed by atoms with Gasteiger partial charge in [0.05, 0.1) is 21.2 Å². The van der Waals surface area contributed by atoms with Crippen molar-refractivity contribution in [3.8, 4) is 0 Å². The van der Waals surface area contributed by atoms with Crippen LogP contribution in [0.1, 0.15) is 35.7 Å². The van der Waals surface area contributed by atoms with Crippen LogP contribution in [-0.2, 0) is 6.42 Å². The summed E-state index contributed by atoms with van der Waals surface area (Å²) < 4.78 is 14.2. The van der Waals surface area contributed by atoms with Gasteiger partial charge < -0.3 is 5.32 Å². The molecule has 2 nitrogen and oxygen atoms in total. The number of rotatable bonds is 6. The second-order valence-corrected chi connectivity index (χ2v) is 6.57. The SMILES string of the molecule is CCCNC(Cc1cccc(F)c1Br)c1csc(C)n1. The van der Waals surface area contributed by atoms with E-state index in [4.69, 9.17) is 0 Å². The van der Waals surface area contributed by atoms with Gasteiger partial charge in [-0.3, -0.25) is 0 Å². The number of benzene rings is 1. The maximum absolute atomic E-state index is 13.6. The Balaban J connectivity index is 2.21. The van der Waals surface area contributed by atoms with Crippen LogP contribution in [0.4, 0.5) is 4.39 Å². The number of hydrogen-bond acceptors (Lipinski definition) is 3. The Bertz CT molecular complexity index is 571. The molecule has 20 heavy (non-hydrogen) atoms. The number of aromatic nitrogens is 1. The largest absolute Gasteiger partial charge is 0.308 e. The zero-order valence-corrected chi connectivity index (χ0v) is 14.0. The fraction of sp³-hybridized carbons (Fsp3) is 0.400. The van der Waals surface area contributed by atoms with Crippen LogP contribution < -0.4 is 5.32 Å². The molecule has 1 atom stereocenters. The molecule has 0 bridgehead atoms. The van der Waals surface area contributed by atoms with Crippen LogP contribution in [0, 0.1) is 12.7 Å². The first-order valence-corrected chi connectivity index (χ1v) is 8.37. The third-order valence-corrected chi connectivity index (χ3v) is 4.77. The summed E-state index contributed by atoms with van der Waals surface area (Å²) in [7, 11) is 0. The van der Waals surface area contributed by atoms with E-state index in [0.29, 0.717) is 4.47 Å². The summed E-state index contributed by atoms with van der Waals surface area (Å²) in [5.74, 6) is -0.216. The first-order chi connectivity index (χ1) is 9.61. The average Bonchev–Trinajstić information content (AvgIpc) is 2.86. The maximum atomic E-state index is 13.6. The van der Waals surface area contributed by atoms with Crippen molar-refractivity contribution in [2.45, 2.75) is 32.7 Å². The third-order valence-electron chi connectivity index (χ3n) is 3.09. The molecule has 1 unspecified atom stereocenters. The average molecular weight is 357 g/mol. The normalized spacial score (nSPS) is 12.6. The molecule has 1 heterocycles. The number of aryl methyl sites for hydroxylation is 1. The highest BCUT2D eigenvalue weighted by molar-refractivity contribution is 9.10. The Morgan fingerprint density at radius 2 is 2.25 bits per heavy atom. The fourth-order valence-electron chi connectivity index (χ4n) is 2.07. The molecule has 1 aromatic heterocycles. The van der Waals surface area contributed by atoms with E-state index in [1.807, 2.05) is 13.0 Å². The Labute approximate surface area is 131 Å². The van der Waals surface area contributed by atoms with E-state index in [-0.39, 0.29) is 11.9 Å². The van der Waals surface area contributed by atoms with E-state index >= 15 is 0 Å². The minimum absolute atomic E-state index is 0.123. The summed E-state index contributed by atoms with van der Waals surface area (Å²) in [4.78, 5) is 4.56. The van der Waals surface area contributed by atoms with E-state index < -0.39 is 0 Å². The van der Waals surface area contributed by atoms with Crippen LogP contribution in [0.15, 0.2) is 28.1 Å². The van der Waals surface area contributed by atoms with Gasteiger partial charge in [-0.05, 0) is 53.9 Å².